The molecule has 22 heavy (non-hydrogen) atoms. The van der Waals surface area contributed by atoms with Gasteiger partial charge in [-0.05, 0) is 12.0 Å². The summed E-state index contributed by atoms with van der Waals surface area (Å²) in [5, 5.41) is 0. The zero-order valence-electron chi connectivity index (χ0n) is 13.1. The summed E-state index contributed by atoms with van der Waals surface area (Å²) in [6, 6.07) is 9.72. The Bertz CT molecular complexity index is 543. The standard InChI is InChI=1S/C17H22N2O2S/c1-18(2)17(21)15-12-22-13-19(15)16(20)11-7-6-10-14-8-4-3-5-9-14/h3-6,8-10,15H,7,11-13H2,1-2H3/b10-6+. The molecular formula is C17H22N2O2S. The van der Waals surface area contributed by atoms with Crippen molar-refractivity contribution < 1.29 is 9.59 Å². The van der Waals surface area contributed by atoms with E-state index in [9.17, 15) is 9.59 Å². The Balaban J connectivity index is 1.84. The minimum atomic E-state index is -0.300. The second-order valence-electron chi connectivity index (χ2n) is 5.46. The lowest BCUT2D eigenvalue weighted by Gasteiger charge is -2.25. The van der Waals surface area contributed by atoms with Gasteiger partial charge in [-0.3, -0.25) is 9.59 Å². The monoisotopic (exact) mass is 318 g/mol. The van der Waals surface area contributed by atoms with Crippen molar-refractivity contribution in [2.75, 3.05) is 25.7 Å². The number of rotatable bonds is 5. The topological polar surface area (TPSA) is 40.6 Å². The van der Waals surface area contributed by atoms with Gasteiger partial charge in [-0.1, -0.05) is 42.5 Å². The quantitative estimate of drug-likeness (QED) is 0.837. The van der Waals surface area contributed by atoms with Gasteiger partial charge in [0.1, 0.15) is 6.04 Å². The minimum absolute atomic E-state index is 0.0122. The molecule has 1 aliphatic heterocycles. The molecule has 1 heterocycles. The number of thioether (sulfide) groups is 1. The SMILES string of the molecule is CN(C)C(=O)C1CSCN1C(=O)CC/C=C/c1ccccc1. The molecule has 0 spiro atoms. The Kier molecular flexibility index (Phi) is 6.07. The second kappa shape index (κ2) is 8.03. The highest BCUT2D eigenvalue weighted by Crippen LogP contribution is 2.23. The van der Waals surface area contributed by atoms with Gasteiger partial charge in [-0.2, -0.15) is 0 Å². The van der Waals surface area contributed by atoms with E-state index in [1.165, 1.54) is 0 Å². The molecule has 1 aromatic rings. The number of benzene rings is 1. The molecule has 1 atom stereocenters. The zero-order chi connectivity index (χ0) is 15.9. The van der Waals surface area contributed by atoms with Crippen molar-refractivity contribution in [1.82, 2.24) is 9.80 Å². The van der Waals surface area contributed by atoms with Crippen LogP contribution in [0.15, 0.2) is 36.4 Å². The third-order valence-electron chi connectivity index (χ3n) is 3.56. The number of carbonyl (C=O) groups excluding carboxylic acids is 2. The van der Waals surface area contributed by atoms with Gasteiger partial charge in [0.05, 0.1) is 5.88 Å². The van der Waals surface area contributed by atoms with Crippen LogP contribution in [-0.2, 0) is 9.59 Å². The Morgan fingerprint density at radius 1 is 1.32 bits per heavy atom. The summed E-state index contributed by atoms with van der Waals surface area (Å²) in [6.45, 7) is 0. The number of nitrogens with zero attached hydrogens (tertiary/aromatic N) is 2. The molecule has 0 radical (unpaired) electrons. The number of hydrogen-bond donors (Lipinski definition) is 0. The number of hydrogen-bond acceptors (Lipinski definition) is 3. The highest BCUT2D eigenvalue weighted by atomic mass is 32.2. The largest absolute Gasteiger partial charge is 0.347 e. The van der Waals surface area contributed by atoms with Crippen molar-refractivity contribution in [2.45, 2.75) is 18.9 Å². The fraction of sp³-hybridized carbons (Fsp3) is 0.412. The van der Waals surface area contributed by atoms with Gasteiger partial charge in [0.15, 0.2) is 0 Å². The average molecular weight is 318 g/mol. The molecule has 0 bridgehead atoms. The van der Waals surface area contributed by atoms with Crippen molar-refractivity contribution >= 4 is 29.7 Å². The van der Waals surface area contributed by atoms with Crippen LogP contribution in [0.5, 0.6) is 0 Å². The lowest BCUT2D eigenvalue weighted by Crippen LogP contribution is -2.46. The van der Waals surface area contributed by atoms with Crippen LogP contribution in [-0.4, -0.2) is 53.4 Å². The summed E-state index contributed by atoms with van der Waals surface area (Å²) in [4.78, 5) is 27.7. The maximum absolute atomic E-state index is 12.3. The lowest BCUT2D eigenvalue weighted by molar-refractivity contribution is -0.141. The van der Waals surface area contributed by atoms with Crippen molar-refractivity contribution in [3.8, 4) is 0 Å². The fourth-order valence-corrected chi connectivity index (χ4v) is 3.50. The molecule has 118 valence electrons. The van der Waals surface area contributed by atoms with Crippen LogP contribution in [0.1, 0.15) is 18.4 Å². The Morgan fingerprint density at radius 3 is 2.73 bits per heavy atom. The van der Waals surface area contributed by atoms with Crippen molar-refractivity contribution in [3.05, 3.63) is 42.0 Å². The second-order valence-corrected chi connectivity index (χ2v) is 6.46. The molecular weight excluding hydrogens is 296 g/mol. The highest BCUT2D eigenvalue weighted by Gasteiger charge is 2.34. The van der Waals surface area contributed by atoms with E-state index >= 15 is 0 Å². The van der Waals surface area contributed by atoms with Gasteiger partial charge < -0.3 is 9.80 Å². The van der Waals surface area contributed by atoms with Gasteiger partial charge >= 0.3 is 0 Å². The van der Waals surface area contributed by atoms with Crippen molar-refractivity contribution in [1.29, 1.82) is 0 Å². The van der Waals surface area contributed by atoms with Gasteiger partial charge in [-0.15, -0.1) is 11.8 Å². The highest BCUT2D eigenvalue weighted by molar-refractivity contribution is 7.99. The van der Waals surface area contributed by atoms with Crippen molar-refractivity contribution in [3.63, 3.8) is 0 Å². The maximum atomic E-state index is 12.3. The molecule has 2 rings (SSSR count). The van der Waals surface area contributed by atoms with Crippen LogP contribution >= 0.6 is 11.8 Å². The summed E-state index contributed by atoms with van der Waals surface area (Å²) < 4.78 is 0. The maximum Gasteiger partial charge on any atom is 0.245 e. The van der Waals surface area contributed by atoms with Crippen LogP contribution in [0.25, 0.3) is 6.08 Å². The van der Waals surface area contributed by atoms with E-state index in [-0.39, 0.29) is 17.9 Å². The first-order valence-electron chi connectivity index (χ1n) is 7.39. The summed E-state index contributed by atoms with van der Waals surface area (Å²) in [7, 11) is 3.47. The van der Waals surface area contributed by atoms with Crippen LogP contribution in [0.3, 0.4) is 0 Å². The molecule has 1 fully saturated rings. The summed E-state index contributed by atoms with van der Waals surface area (Å²) in [6.07, 6.45) is 5.17. The first-order chi connectivity index (χ1) is 10.6. The first-order valence-corrected chi connectivity index (χ1v) is 8.55. The normalized spacial score (nSPS) is 17.9. The van der Waals surface area contributed by atoms with E-state index in [4.69, 9.17) is 0 Å². The smallest absolute Gasteiger partial charge is 0.245 e. The van der Waals surface area contributed by atoms with Gasteiger partial charge in [0.25, 0.3) is 0 Å². The number of carbonyl (C=O) groups is 2. The van der Waals surface area contributed by atoms with Gasteiger partial charge in [-0.25, -0.2) is 0 Å². The molecule has 0 aromatic heterocycles. The van der Waals surface area contributed by atoms with Gasteiger partial charge in [0.2, 0.25) is 11.8 Å². The third kappa shape index (κ3) is 4.37. The summed E-state index contributed by atoms with van der Waals surface area (Å²) >= 11 is 1.64. The molecule has 0 N–H and O–H groups in total. The molecule has 0 saturated carbocycles. The Labute approximate surface area is 136 Å². The van der Waals surface area contributed by atoms with Crippen molar-refractivity contribution in [2.24, 2.45) is 0 Å². The predicted octanol–water partition coefficient (Wildman–Crippen LogP) is 2.47. The lowest BCUT2D eigenvalue weighted by atomic mass is 10.1. The zero-order valence-corrected chi connectivity index (χ0v) is 13.9. The molecule has 2 amide bonds. The van der Waals surface area contributed by atoms with Gasteiger partial charge in [0, 0.05) is 26.3 Å². The van der Waals surface area contributed by atoms with E-state index in [0.717, 1.165) is 5.56 Å². The average Bonchev–Trinajstić information content (AvgIpc) is 3.01. The van der Waals surface area contributed by atoms with Crippen LogP contribution in [0.4, 0.5) is 0 Å². The molecule has 0 aliphatic carbocycles. The van der Waals surface area contributed by atoms with Crippen LogP contribution < -0.4 is 0 Å². The summed E-state index contributed by atoms with van der Waals surface area (Å²) in [5.74, 6) is 1.38. The van der Waals surface area contributed by atoms with Crippen LogP contribution in [0.2, 0.25) is 0 Å². The molecule has 1 unspecified atom stereocenters. The Hall–Kier alpha value is -1.75. The third-order valence-corrected chi connectivity index (χ3v) is 4.58. The minimum Gasteiger partial charge on any atom is -0.347 e. The fourth-order valence-electron chi connectivity index (χ4n) is 2.33. The summed E-state index contributed by atoms with van der Waals surface area (Å²) in [5.41, 5.74) is 1.13. The molecule has 1 aromatic carbocycles. The number of amides is 2. The van der Waals surface area contributed by atoms with E-state index < -0.39 is 0 Å². The van der Waals surface area contributed by atoms with E-state index in [1.54, 1.807) is 35.7 Å². The Morgan fingerprint density at radius 2 is 2.05 bits per heavy atom. The molecule has 1 saturated heterocycles. The molecule has 1 aliphatic rings. The first kappa shape index (κ1) is 16.6. The van der Waals surface area contributed by atoms with E-state index in [0.29, 0.717) is 24.5 Å². The number of likely N-dealkylation sites (N-methyl/N-ethyl adjacent to an activating group) is 1. The molecule has 5 heteroatoms. The van der Waals surface area contributed by atoms with E-state index in [2.05, 4.69) is 0 Å². The van der Waals surface area contributed by atoms with E-state index in [1.807, 2.05) is 42.5 Å². The van der Waals surface area contributed by atoms with Crippen LogP contribution in [0, 0.1) is 0 Å². The number of allylic oxidation sites excluding steroid dienone is 1. The predicted molar refractivity (Wildman–Crippen MR) is 91.4 cm³/mol. The molecule has 4 nitrogen and oxygen atoms in total.